The van der Waals surface area contributed by atoms with Crippen LogP contribution in [-0.4, -0.2) is 21.4 Å². The van der Waals surface area contributed by atoms with E-state index in [1.165, 1.54) is 4.72 Å². The van der Waals surface area contributed by atoms with E-state index in [1.54, 1.807) is 0 Å². The van der Waals surface area contributed by atoms with Crippen LogP contribution in [0.3, 0.4) is 0 Å². The van der Waals surface area contributed by atoms with Crippen molar-refractivity contribution < 1.29 is 17.2 Å². The number of hydrogen-bond donors (Lipinski definition) is 1. The number of rotatable bonds is 3. The molecular weight excluding hydrogens is 176 g/mol. The molecule has 0 spiro atoms. The van der Waals surface area contributed by atoms with Crippen molar-refractivity contribution in [2.45, 2.75) is 6.43 Å². The third-order valence-electron chi connectivity index (χ3n) is 0.410. The summed E-state index contributed by atoms with van der Waals surface area (Å²) in [5.41, 5.74) is 0. The van der Waals surface area contributed by atoms with Crippen molar-refractivity contribution >= 4 is 19.9 Å². The van der Waals surface area contributed by atoms with Crippen LogP contribution in [0.15, 0.2) is 0 Å². The van der Waals surface area contributed by atoms with Gasteiger partial charge in [0.25, 0.3) is 15.7 Å². The molecule has 0 aliphatic heterocycles. The van der Waals surface area contributed by atoms with E-state index >= 15 is 0 Å². The second-order valence-corrected chi connectivity index (χ2v) is 3.56. The maximum absolute atomic E-state index is 11.2. The maximum atomic E-state index is 11.2. The first kappa shape index (κ1) is 9.06. The zero-order valence-electron chi connectivity index (χ0n) is 4.14. The minimum atomic E-state index is -3.98. The topological polar surface area (TPSA) is 46.2 Å². The fourth-order valence-electron chi connectivity index (χ4n) is 0.163. The summed E-state index contributed by atoms with van der Waals surface area (Å²) < 4.78 is 43.5. The normalized spacial score (nSPS) is 12.4. The van der Waals surface area contributed by atoms with Crippen molar-refractivity contribution in [3.63, 3.8) is 0 Å². The second-order valence-electron chi connectivity index (χ2n) is 1.18. The first-order valence-corrected chi connectivity index (χ1v) is 4.20. The molecule has 0 aromatic rings. The molecule has 0 heterocycles. The molecule has 0 unspecified atom stereocenters. The number of alkyl halides is 2. The molecule has 0 aromatic carbocycles. The highest BCUT2D eigenvalue weighted by atomic mass is 35.7. The molecule has 0 rings (SSSR count). The van der Waals surface area contributed by atoms with Gasteiger partial charge in [-0.25, -0.2) is 8.78 Å². The molecular formula is C2H4ClF2NO2S. The van der Waals surface area contributed by atoms with E-state index in [0.29, 0.717) is 0 Å². The van der Waals surface area contributed by atoms with Crippen molar-refractivity contribution in [2.24, 2.45) is 0 Å². The minimum Gasteiger partial charge on any atom is -0.209 e. The van der Waals surface area contributed by atoms with Crippen molar-refractivity contribution in [3.05, 3.63) is 0 Å². The second kappa shape index (κ2) is 3.28. The number of halogens is 3. The van der Waals surface area contributed by atoms with Gasteiger partial charge in [0.05, 0.1) is 6.54 Å². The molecule has 0 radical (unpaired) electrons. The minimum absolute atomic E-state index is 0.939. The van der Waals surface area contributed by atoms with Gasteiger partial charge < -0.3 is 0 Å². The van der Waals surface area contributed by atoms with Gasteiger partial charge in [0, 0.05) is 10.7 Å². The molecule has 56 valence electrons. The Morgan fingerprint density at radius 2 is 2.00 bits per heavy atom. The zero-order chi connectivity index (χ0) is 7.49. The summed E-state index contributed by atoms with van der Waals surface area (Å²) in [5, 5.41) is 0. The van der Waals surface area contributed by atoms with E-state index in [1.807, 2.05) is 0 Å². The van der Waals surface area contributed by atoms with Crippen LogP contribution in [-0.2, 0) is 9.24 Å². The molecule has 0 amide bonds. The van der Waals surface area contributed by atoms with Gasteiger partial charge >= 0.3 is 0 Å². The van der Waals surface area contributed by atoms with E-state index in [2.05, 4.69) is 10.7 Å². The quantitative estimate of drug-likeness (QED) is 0.635. The first-order valence-electron chi connectivity index (χ1n) is 1.89. The number of nitrogens with one attached hydrogen (secondary N) is 1. The fourth-order valence-corrected chi connectivity index (χ4v) is 0.677. The highest BCUT2D eigenvalue weighted by molar-refractivity contribution is 8.12. The maximum Gasteiger partial charge on any atom is 0.297 e. The van der Waals surface area contributed by atoms with Gasteiger partial charge in [-0.05, 0) is 0 Å². The van der Waals surface area contributed by atoms with Crippen LogP contribution >= 0.6 is 10.7 Å². The summed E-state index contributed by atoms with van der Waals surface area (Å²) in [6, 6.07) is 0. The summed E-state index contributed by atoms with van der Waals surface area (Å²) in [7, 11) is 0.528. The number of hydrogen-bond acceptors (Lipinski definition) is 2. The van der Waals surface area contributed by atoms with Crippen LogP contribution in [0, 0.1) is 0 Å². The van der Waals surface area contributed by atoms with E-state index < -0.39 is 22.2 Å². The molecule has 3 nitrogen and oxygen atoms in total. The molecule has 0 atom stereocenters. The standard InChI is InChI=1S/C2H4ClF2NO2S/c3-9(7,8)6-1-2(4)5/h2,6H,1H2. The van der Waals surface area contributed by atoms with Crippen molar-refractivity contribution in [1.82, 2.24) is 4.72 Å². The average Bonchev–Trinajstić information content (AvgIpc) is 1.59. The van der Waals surface area contributed by atoms with Crippen LogP contribution in [0.5, 0.6) is 0 Å². The van der Waals surface area contributed by atoms with Crippen molar-refractivity contribution in [1.29, 1.82) is 0 Å². The molecule has 0 fully saturated rings. The Hall–Kier alpha value is 0.0600. The largest absolute Gasteiger partial charge is 0.297 e. The monoisotopic (exact) mass is 179 g/mol. The third-order valence-corrected chi connectivity index (χ3v) is 1.25. The Morgan fingerprint density at radius 1 is 1.56 bits per heavy atom. The lowest BCUT2D eigenvalue weighted by Crippen LogP contribution is -2.24. The van der Waals surface area contributed by atoms with Crippen LogP contribution in [0.4, 0.5) is 8.78 Å². The highest BCUT2D eigenvalue weighted by Crippen LogP contribution is 1.93. The van der Waals surface area contributed by atoms with Crippen LogP contribution in [0.1, 0.15) is 0 Å². The van der Waals surface area contributed by atoms with Gasteiger partial charge in [0.15, 0.2) is 0 Å². The fraction of sp³-hybridized carbons (Fsp3) is 1.00. The third kappa shape index (κ3) is 8.06. The van der Waals surface area contributed by atoms with Gasteiger partial charge in [-0.1, -0.05) is 0 Å². The predicted octanol–water partition coefficient (Wildman–Crippen LogP) is 0.325. The molecule has 0 bridgehead atoms. The lowest BCUT2D eigenvalue weighted by molar-refractivity contribution is 0.153. The summed E-state index contributed by atoms with van der Waals surface area (Å²) in [5.74, 6) is 0. The molecule has 0 aromatic heterocycles. The van der Waals surface area contributed by atoms with Gasteiger partial charge in [-0.2, -0.15) is 13.1 Å². The van der Waals surface area contributed by atoms with Gasteiger partial charge in [0.2, 0.25) is 0 Å². The Kier molecular flexibility index (Phi) is 3.31. The Labute approximate surface area is 55.6 Å². The van der Waals surface area contributed by atoms with E-state index in [0.717, 1.165) is 0 Å². The SMILES string of the molecule is O=S(=O)(Cl)NCC(F)F. The van der Waals surface area contributed by atoms with Crippen LogP contribution in [0.25, 0.3) is 0 Å². The molecule has 0 saturated carbocycles. The Morgan fingerprint density at radius 3 is 2.11 bits per heavy atom. The first-order chi connectivity index (χ1) is 3.92. The lowest BCUT2D eigenvalue weighted by atomic mass is 10.7. The van der Waals surface area contributed by atoms with Crippen LogP contribution < -0.4 is 4.72 Å². The summed E-state index contributed by atoms with van der Waals surface area (Å²) in [4.78, 5) is 0. The van der Waals surface area contributed by atoms with E-state index in [4.69, 9.17) is 0 Å². The molecule has 7 heteroatoms. The van der Waals surface area contributed by atoms with Crippen molar-refractivity contribution in [3.8, 4) is 0 Å². The van der Waals surface area contributed by atoms with Gasteiger partial charge in [-0.3, -0.25) is 0 Å². The van der Waals surface area contributed by atoms with E-state index in [9.17, 15) is 17.2 Å². The van der Waals surface area contributed by atoms with Gasteiger partial charge in [-0.15, -0.1) is 0 Å². The lowest BCUT2D eigenvalue weighted by Gasteiger charge is -1.96. The summed E-state index contributed by atoms with van der Waals surface area (Å²) in [6.07, 6.45) is -2.71. The molecule has 0 aliphatic rings. The van der Waals surface area contributed by atoms with Gasteiger partial charge in [0.1, 0.15) is 0 Å². The van der Waals surface area contributed by atoms with Crippen LogP contribution in [0.2, 0.25) is 0 Å². The zero-order valence-corrected chi connectivity index (χ0v) is 5.72. The Balaban J connectivity index is 3.53. The summed E-state index contributed by atoms with van der Waals surface area (Å²) >= 11 is 0. The molecule has 0 saturated heterocycles. The average molecular weight is 180 g/mol. The Bertz CT molecular complexity index is 167. The van der Waals surface area contributed by atoms with E-state index in [-0.39, 0.29) is 0 Å². The molecule has 9 heavy (non-hydrogen) atoms. The smallest absolute Gasteiger partial charge is 0.209 e. The molecule has 1 N–H and O–H groups in total. The highest BCUT2D eigenvalue weighted by Gasteiger charge is 2.07. The summed E-state index contributed by atoms with van der Waals surface area (Å²) in [6.45, 7) is -0.939. The van der Waals surface area contributed by atoms with Crippen molar-refractivity contribution in [2.75, 3.05) is 6.54 Å². The molecule has 0 aliphatic carbocycles. The predicted molar refractivity (Wildman–Crippen MR) is 28.8 cm³/mol.